The maximum absolute atomic E-state index is 12.4. The summed E-state index contributed by atoms with van der Waals surface area (Å²) in [6.45, 7) is 2.75. The highest BCUT2D eigenvalue weighted by Gasteiger charge is 2.21. The maximum atomic E-state index is 12.4. The summed E-state index contributed by atoms with van der Waals surface area (Å²) in [5.41, 5.74) is 4.79. The monoisotopic (exact) mass is 265 g/mol. The number of carbonyl (C=O) groups excluding carboxylic acids is 1. The van der Waals surface area contributed by atoms with Gasteiger partial charge in [-0.3, -0.25) is 4.79 Å². The van der Waals surface area contributed by atoms with Gasteiger partial charge in [-0.15, -0.1) is 0 Å². The molecule has 2 heteroatoms. The Labute approximate surface area is 120 Å². The average Bonchev–Trinajstić information content (AvgIpc) is 2.59. The number of hydrogen-bond acceptors (Lipinski definition) is 1. The van der Waals surface area contributed by atoms with Crippen molar-refractivity contribution < 1.29 is 4.79 Å². The van der Waals surface area contributed by atoms with Gasteiger partial charge in [0.15, 0.2) is 0 Å². The van der Waals surface area contributed by atoms with E-state index in [0.717, 1.165) is 18.5 Å². The molecule has 0 radical (unpaired) electrons. The Kier molecular flexibility index (Phi) is 3.55. The van der Waals surface area contributed by atoms with Crippen molar-refractivity contribution in [3.63, 3.8) is 0 Å². The number of hydrogen-bond donors (Lipinski definition) is 0. The molecule has 2 nitrogen and oxygen atoms in total. The lowest BCUT2D eigenvalue weighted by molar-refractivity contribution is -0.118. The van der Waals surface area contributed by atoms with Crippen LogP contribution in [-0.4, -0.2) is 5.91 Å². The summed E-state index contributed by atoms with van der Waals surface area (Å²) in [7, 11) is 0. The Bertz CT molecular complexity index is 633. The summed E-state index contributed by atoms with van der Waals surface area (Å²) in [6.07, 6.45) is 2.58. The number of benzene rings is 2. The van der Waals surface area contributed by atoms with Crippen LogP contribution in [0.2, 0.25) is 0 Å². The van der Waals surface area contributed by atoms with Crippen molar-refractivity contribution in [2.75, 3.05) is 4.90 Å². The predicted octanol–water partition coefficient (Wildman–Crippen LogP) is 3.86. The van der Waals surface area contributed by atoms with Gasteiger partial charge in [-0.25, -0.2) is 0 Å². The van der Waals surface area contributed by atoms with Gasteiger partial charge in [-0.1, -0.05) is 48.0 Å². The third-order valence-corrected chi connectivity index (χ3v) is 3.84. The van der Waals surface area contributed by atoms with Crippen molar-refractivity contribution in [2.24, 2.45) is 0 Å². The number of amides is 1. The molecular formula is C18H19NO. The molecule has 0 N–H and O–H groups in total. The highest BCUT2D eigenvalue weighted by molar-refractivity contribution is 5.94. The molecule has 0 aliphatic carbocycles. The first-order valence-electron chi connectivity index (χ1n) is 7.18. The molecule has 2 aromatic rings. The Morgan fingerprint density at radius 3 is 2.75 bits per heavy atom. The zero-order chi connectivity index (χ0) is 13.9. The van der Waals surface area contributed by atoms with E-state index in [2.05, 4.69) is 49.4 Å². The molecule has 102 valence electrons. The van der Waals surface area contributed by atoms with Crippen LogP contribution in [-0.2, 0) is 17.8 Å². The minimum absolute atomic E-state index is 0.233. The maximum Gasteiger partial charge on any atom is 0.227 e. The largest absolute Gasteiger partial charge is 0.308 e. The molecule has 0 unspecified atom stereocenters. The highest BCUT2D eigenvalue weighted by Crippen LogP contribution is 2.28. The molecular weight excluding hydrogens is 246 g/mol. The third kappa shape index (κ3) is 2.60. The molecule has 20 heavy (non-hydrogen) atoms. The molecule has 0 spiro atoms. The smallest absolute Gasteiger partial charge is 0.227 e. The average molecular weight is 265 g/mol. The molecule has 0 aromatic heterocycles. The Morgan fingerprint density at radius 2 is 1.90 bits per heavy atom. The van der Waals surface area contributed by atoms with Crippen LogP contribution in [0, 0.1) is 6.92 Å². The number of anilines is 1. The normalized spacial score (nSPS) is 14.8. The number of para-hydroxylation sites is 1. The van der Waals surface area contributed by atoms with Crippen molar-refractivity contribution >= 4 is 11.6 Å². The first kappa shape index (κ1) is 12.9. The summed E-state index contributed by atoms with van der Waals surface area (Å²) in [5.74, 6) is 0.233. The molecule has 1 aliphatic heterocycles. The summed E-state index contributed by atoms with van der Waals surface area (Å²) in [5, 5.41) is 0. The second kappa shape index (κ2) is 5.49. The van der Waals surface area contributed by atoms with Crippen LogP contribution in [0.3, 0.4) is 0 Å². The predicted molar refractivity (Wildman–Crippen MR) is 81.7 cm³/mol. The number of fused-ring (bicyclic) bond motifs is 1. The molecule has 3 rings (SSSR count). The fourth-order valence-electron chi connectivity index (χ4n) is 2.85. The van der Waals surface area contributed by atoms with Gasteiger partial charge < -0.3 is 4.90 Å². The van der Waals surface area contributed by atoms with Gasteiger partial charge in [0.25, 0.3) is 0 Å². The van der Waals surface area contributed by atoms with Crippen LogP contribution in [0.15, 0.2) is 48.5 Å². The molecule has 1 aliphatic rings. The van der Waals surface area contributed by atoms with Crippen LogP contribution in [0.5, 0.6) is 0 Å². The minimum atomic E-state index is 0.233. The SMILES string of the molecule is Cc1cccc(CN2C(=O)CCCc3ccccc32)c1. The lowest BCUT2D eigenvalue weighted by Crippen LogP contribution is -2.29. The second-order valence-electron chi connectivity index (χ2n) is 5.45. The molecule has 0 saturated carbocycles. The summed E-state index contributed by atoms with van der Waals surface area (Å²) in [4.78, 5) is 14.3. The molecule has 0 bridgehead atoms. The van der Waals surface area contributed by atoms with E-state index in [1.165, 1.54) is 16.7 Å². The zero-order valence-corrected chi connectivity index (χ0v) is 11.8. The number of rotatable bonds is 2. The van der Waals surface area contributed by atoms with E-state index in [9.17, 15) is 4.79 Å². The van der Waals surface area contributed by atoms with Gasteiger partial charge in [0.05, 0.1) is 6.54 Å². The fourth-order valence-corrected chi connectivity index (χ4v) is 2.85. The van der Waals surface area contributed by atoms with E-state index in [-0.39, 0.29) is 5.91 Å². The lowest BCUT2D eigenvalue weighted by Gasteiger charge is -2.23. The third-order valence-electron chi connectivity index (χ3n) is 3.84. The van der Waals surface area contributed by atoms with Gasteiger partial charge in [-0.2, -0.15) is 0 Å². The van der Waals surface area contributed by atoms with Gasteiger partial charge in [0.2, 0.25) is 5.91 Å². The number of nitrogens with zero attached hydrogens (tertiary/aromatic N) is 1. The van der Waals surface area contributed by atoms with E-state index in [0.29, 0.717) is 13.0 Å². The first-order valence-corrected chi connectivity index (χ1v) is 7.18. The Balaban J connectivity index is 1.96. The molecule has 1 amide bonds. The topological polar surface area (TPSA) is 20.3 Å². The first-order chi connectivity index (χ1) is 9.74. The van der Waals surface area contributed by atoms with Crippen molar-refractivity contribution in [1.82, 2.24) is 0 Å². The quantitative estimate of drug-likeness (QED) is 0.807. The number of aryl methyl sites for hydroxylation is 2. The molecule has 2 aromatic carbocycles. The Morgan fingerprint density at radius 1 is 1.05 bits per heavy atom. The van der Waals surface area contributed by atoms with E-state index < -0.39 is 0 Å². The van der Waals surface area contributed by atoms with Crippen molar-refractivity contribution in [2.45, 2.75) is 32.7 Å². The summed E-state index contributed by atoms with van der Waals surface area (Å²) in [6, 6.07) is 16.7. The van der Waals surface area contributed by atoms with Crippen LogP contribution >= 0.6 is 0 Å². The summed E-state index contributed by atoms with van der Waals surface area (Å²) >= 11 is 0. The highest BCUT2D eigenvalue weighted by atomic mass is 16.2. The second-order valence-corrected chi connectivity index (χ2v) is 5.45. The van der Waals surface area contributed by atoms with Crippen LogP contribution in [0.25, 0.3) is 0 Å². The van der Waals surface area contributed by atoms with Gasteiger partial charge >= 0.3 is 0 Å². The van der Waals surface area contributed by atoms with Crippen molar-refractivity contribution in [3.05, 3.63) is 65.2 Å². The summed E-state index contributed by atoms with van der Waals surface area (Å²) < 4.78 is 0. The zero-order valence-electron chi connectivity index (χ0n) is 11.8. The standard InChI is InChI=1S/C18H19NO/c1-14-6-4-7-15(12-14)13-19-17-10-3-2-8-16(17)9-5-11-18(19)20/h2-4,6-8,10,12H,5,9,11,13H2,1H3. The van der Waals surface area contributed by atoms with Crippen molar-refractivity contribution in [1.29, 1.82) is 0 Å². The van der Waals surface area contributed by atoms with E-state index in [1.54, 1.807) is 0 Å². The number of carbonyl (C=O) groups is 1. The van der Waals surface area contributed by atoms with E-state index in [4.69, 9.17) is 0 Å². The van der Waals surface area contributed by atoms with E-state index in [1.807, 2.05) is 11.0 Å². The van der Waals surface area contributed by atoms with Crippen LogP contribution < -0.4 is 4.90 Å². The molecule has 0 saturated heterocycles. The molecule has 1 heterocycles. The fraction of sp³-hybridized carbons (Fsp3) is 0.278. The van der Waals surface area contributed by atoms with Gasteiger partial charge in [0, 0.05) is 12.1 Å². The van der Waals surface area contributed by atoms with Crippen LogP contribution in [0.1, 0.15) is 29.5 Å². The van der Waals surface area contributed by atoms with Gasteiger partial charge in [-0.05, 0) is 37.0 Å². The van der Waals surface area contributed by atoms with Crippen molar-refractivity contribution in [3.8, 4) is 0 Å². The Hall–Kier alpha value is -2.09. The lowest BCUT2D eigenvalue weighted by atomic mass is 10.1. The van der Waals surface area contributed by atoms with E-state index >= 15 is 0 Å². The minimum Gasteiger partial charge on any atom is -0.308 e. The molecule has 0 atom stereocenters. The van der Waals surface area contributed by atoms with Crippen LogP contribution in [0.4, 0.5) is 5.69 Å². The van der Waals surface area contributed by atoms with Gasteiger partial charge in [0.1, 0.15) is 0 Å². The molecule has 0 fully saturated rings.